The van der Waals surface area contributed by atoms with Gasteiger partial charge in [-0.1, -0.05) is 71.8 Å². The van der Waals surface area contributed by atoms with Crippen LogP contribution >= 0.6 is 0 Å². The highest BCUT2D eigenvalue weighted by Gasteiger charge is 2.41. The van der Waals surface area contributed by atoms with E-state index in [-0.39, 0.29) is 11.1 Å². The molecule has 2 atom stereocenters. The minimum atomic E-state index is -2.12. The summed E-state index contributed by atoms with van der Waals surface area (Å²) in [5.74, 6) is -4.53. The van der Waals surface area contributed by atoms with E-state index in [4.69, 9.17) is 9.47 Å². The average Bonchev–Trinajstić information content (AvgIpc) is 2.90. The topological polar surface area (TPSA) is 119 Å². The van der Waals surface area contributed by atoms with Crippen molar-refractivity contribution in [3.8, 4) is 0 Å². The number of carboxylic acids is 1. The second-order valence-electron chi connectivity index (χ2n) is 8.74. The number of anilines is 1. The maximum atomic E-state index is 13.5. The molecule has 0 heterocycles. The number of hydrogen-bond acceptors (Lipinski definition) is 6. The van der Waals surface area contributed by atoms with Gasteiger partial charge in [-0.15, -0.1) is 0 Å². The van der Waals surface area contributed by atoms with Crippen molar-refractivity contribution in [2.45, 2.75) is 26.1 Å². The fourth-order valence-corrected chi connectivity index (χ4v) is 3.94. The average molecular weight is 512 g/mol. The molecule has 192 valence electrons. The van der Waals surface area contributed by atoms with Crippen LogP contribution in [0.25, 0.3) is 10.8 Å². The molecule has 0 unspecified atom stereocenters. The van der Waals surface area contributed by atoms with Crippen LogP contribution in [0.4, 0.5) is 5.69 Å². The van der Waals surface area contributed by atoms with E-state index in [0.29, 0.717) is 11.1 Å². The first kappa shape index (κ1) is 26.1. The number of esters is 2. The van der Waals surface area contributed by atoms with Crippen LogP contribution in [0, 0.1) is 13.8 Å². The maximum Gasteiger partial charge on any atom is 0.349 e. The van der Waals surface area contributed by atoms with Gasteiger partial charge in [0.25, 0.3) is 5.91 Å². The summed E-state index contributed by atoms with van der Waals surface area (Å²) in [6, 6.07) is 25.2. The number of aryl methyl sites for hydroxylation is 2. The van der Waals surface area contributed by atoms with Crippen molar-refractivity contribution in [1.82, 2.24) is 0 Å². The fraction of sp³-hybridized carbons (Fsp3) is 0.133. The third kappa shape index (κ3) is 6.04. The van der Waals surface area contributed by atoms with Crippen LogP contribution in [-0.2, 0) is 19.1 Å². The van der Waals surface area contributed by atoms with Crippen molar-refractivity contribution in [2.24, 2.45) is 0 Å². The van der Waals surface area contributed by atoms with Crippen LogP contribution in [-0.4, -0.2) is 41.1 Å². The normalized spacial score (nSPS) is 12.3. The molecule has 0 saturated heterocycles. The molecule has 2 N–H and O–H groups in total. The number of carbonyl (C=O) groups excluding carboxylic acids is 3. The number of ether oxygens (including phenoxy) is 2. The third-order valence-corrected chi connectivity index (χ3v) is 5.80. The summed E-state index contributed by atoms with van der Waals surface area (Å²) in [6.07, 6.45) is -4.11. The van der Waals surface area contributed by atoms with Gasteiger partial charge >= 0.3 is 17.9 Å². The summed E-state index contributed by atoms with van der Waals surface area (Å²) >= 11 is 0. The van der Waals surface area contributed by atoms with Crippen molar-refractivity contribution in [3.63, 3.8) is 0 Å². The minimum Gasteiger partial charge on any atom is -0.478 e. The fourth-order valence-electron chi connectivity index (χ4n) is 3.94. The molecule has 0 aliphatic carbocycles. The summed E-state index contributed by atoms with van der Waals surface area (Å²) in [7, 11) is 0. The highest BCUT2D eigenvalue weighted by molar-refractivity contribution is 6.06. The third-order valence-electron chi connectivity index (χ3n) is 5.80. The molecule has 4 aromatic carbocycles. The molecule has 0 bridgehead atoms. The summed E-state index contributed by atoms with van der Waals surface area (Å²) in [5.41, 5.74) is 2.09. The molecule has 0 radical (unpaired) electrons. The largest absolute Gasteiger partial charge is 0.478 e. The predicted molar refractivity (Wildman–Crippen MR) is 141 cm³/mol. The molecule has 0 aliphatic rings. The lowest BCUT2D eigenvalue weighted by atomic mass is 10.1. The highest BCUT2D eigenvalue weighted by atomic mass is 16.6. The number of aliphatic carboxylic acids is 1. The van der Waals surface area contributed by atoms with Crippen LogP contribution in [0.15, 0.2) is 91.0 Å². The Bertz CT molecular complexity index is 1520. The zero-order valence-corrected chi connectivity index (χ0v) is 20.7. The second-order valence-corrected chi connectivity index (χ2v) is 8.74. The molecule has 4 rings (SSSR count). The Morgan fingerprint density at radius 1 is 0.684 bits per heavy atom. The molecule has 0 saturated carbocycles. The van der Waals surface area contributed by atoms with Crippen LogP contribution in [0.1, 0.15) is 31.8 Å². The van der Waals surface area contributed by atoms with Crippen molar-refractivity contribution < 1.29 is 33.8 Å². The number of rotatable bonds is 8. The van der Waals surface area contributed by atoms with E-state index < -0.39 is 36.0 Å². The predicted octanol–water partition coefficient (Wildman–Crippen LogP) is 4.93. The van der Waals surface area contributed by atoms with E-state index in [1.165, 1.54) is 24.3 Å². The number of carbonyl (C=O) groups is 4. The van der Waals surface area contributed by atoms with E-state index in [1.54, 1.807) is 62.4 Å². The molecular formula is C30H25NO7. The van der Waals surface area contributed by atoms with Crippen molar-refractivity contribution in [1.29, 1.82) is 0 Å². The van der Waals surface area contributed by atoms with Gasteiger partial charge in [-0.05, 0) is 49.6 Å². The Balaban J connectivity index is 1.68. The second kappa shape index (κ2) is 11.4. The van der Waals surface area contributed by atoms with Crippen LogP contribution in [0.3, 0.4) is 0 Å². The van der Waals surface area contributed by atoms with Crippen LogP contribution in [0.2, 0.25) is 0 Å². The Morgan fingerprint density at radius 3 is 1.79 bits per heavy atom. The first-order valence-electron chi connectivity index (χ1n) is 11.8. The molecule has 8 nitrogen and oxygen atoms in total. The monoisotopic (exact) mass is 511 g/mol. The zero-order valence-electron chi connectivity index (χ0n) is 20.7. The van der Waals surface area contributed by atoms with Crippen LogP contribution < -0.4 is 5.32 Å². The number of nitrogens with one attached hydrogen (secondary N) is 1. The SMILES string of the molecule is Cc1cccc(C(=O)O[C@H](C(=O)O)[C@H](OC(=O)c2cccc(C)c2)C(=O)Nc2cccc3ccccc23)c1. The molecule has 0 aliphatic heterocycles. The lowest BCUT2D eigenvalue weighted by Crippen LogP contribution is -2.48. The molecule has 1 amide bonds. The van der Waals surface area contributed by atoms with Gasteiger partial charge in [0, 0.05) is 11.1 Å². The van der Waals surface area contributed by atoms with Gasteiger partial charge in [-0.25, -0.2) is 14.4 Å². The van der Waals surface area contributed by atoms with Gasteiger partial charge in [-0.3, -0.25) is 4.79 Å². The van der Waals surface area contributed by atoms with Gasteiger partial charge in [0.1, 0.15) is 0 Å². The van der Waals surface area contributed by atoms with Gasteiger partial charge < -0.3 is 19.9 Å². The molecule has 0 fully saturated rings. The highest BCUT2D eigenvalue weighted by Crippen LogP contribution is 2.24. The summed E-state index contributed by atoms with van der Waals surface area (Å²) in [6.45, 7) is 3.53. The molecule has 4 aromatic rings. The number of amides is 1. The van der Waals surface area contributed by atoms with Gasteiger partial charge in [0.15, 0.2) is 0 Å². The summed E-state index contributed by atoms with van der Waals surface area (Å²) in [4.78, 5) is 51.5. The summed E-state index contributed by atoms with van der Waals surface area (Å²) in [5, 5.41) is 14.1. The molecule has 8 heteroatoms. The van der Waals surface area contributed by atoms with Crippen molar-refractivity contribution in [2.75, 3.05) is 5.32 Å². The Kier molecular flexibility index (Phi) is 7.82. The molecular weight excluding hydrogens is 486 g/mol. The Hall–Kier alpha value is -4.98. The van der Waals surface area contributed by atoms with Gasteiger partial charge in [0.05, 0.1) is 11.1 Å². The number of benzene rings is 4. The van der Waals surface area contributed by atoms with Crippen molar-refractivity contribution >= 4 is 40.3 Å². The minimum absolute atomic E-state index is 0.0921. The smallest absolute Gasteiger partial charge is 0.349 e. The standard InChI is InChI=1S/C30H25NO7/c1-18-8-5-12-21(16-18)29(35)37-25(26(28(33)34)38-30(36)22-13-6-9-19(2)17-22)27(32)31-24-15-7-11-20-10-3-4-14-23(20)24/h3-17,25-26H,1-2H3,(H,31,32)(H,33,34)/t25-,26-/m0/s1. The first-order valence-corrected chi connectivity index (χ1v) is 11.8. The lowest BCUT2D eigenvalue weighted by molar-refractivity contribution is -0.157. The van der Waals surface area contributed by atoms with Gasteiger partial charge in [0.2, 0.25) is 12.2 Å². The van der Waals surface area contributed by atoms with E-state index in [9.17, 15) is 24.3 Å². The van der Waals surface area contributed by atoms with E-state index in [0.717, 1.165) is 16.5 Å². The molecule has 38 heavy (non-hydrogen) atoms. The Morgan fingerprint density at radius 2 is 1.21 bits per heavy atom. The quantitative estimate of drug-likeness (QED) is 0.322. The Labute approximate surface area is 218 Å². The van der Waals surface area contributed by atoms with E-state index in [2.05, 4.69) is 5.32 Å². The number of hydrogen-bond donors (Lipinski definition) is 2. The number of fused-ring (bicyclic) bond motifs is 1. The molecule has 0 aromatic heterocycles. The van der Waals surface area contributed by atoms with E-state index >= 15 is 0 Å². The van der Waals surface area contributed by atoms with Gasteiger partial charge in [-0.2, -0.15) is 0 Å². The van der Waals surface area contributed by atoms with Crippen molar-refractivity contribution in [3.05, 3.63) is 113 Å². The van der Waals surface area contributed by atoms with Crippen LogP contribution in [0.5, 0.6) is 0 Å². The number of carboxylic acid groups (broad SMARTS) is 1. The summed E-state index contributed by atoms with van der Waals surface area (Å²) < 4.78 is 10.7. The van der Waals surface area contributed by atoms with E-state index in [1.807, 2.05) is 18.2 Å². The molecule has 0 spiro atoms. The first-order chi connectivity index (χ1) is 18.2. The maximum absolute atomic E-state index is 13.5. The lowest BCUT2D eigenvalue weighted by Gasteiger charge is -2.24. The zero-order chi connectivity index (χ0) is 27.2.